The van der Waals surface area contributed by atoms with Gasteiger partial charge in [0.25, 0.3) is 0 Å². The smallest absolute Gasteiger partial charge is 0.241 e. The van der Waals surface area contributed by atoms with Crippen LogP contribution in [0.25, 0.3) is 0 Å². The van der Waals surface area contributed by atoms with E-state index in [-0.39, 0.29) is 10.7 Å². The fourth-order valence-corrected chi connectivity index (χ4v) is 2.19. The minimum Gasteiger partial charge on any atom is -0.241 e. The Morgan fingerprint density at radius 3 is 2.42 bits per heavy atom. The SMILES string of the molecule is FC(F)(F)c1ccnc(CC(Br)c2ccccc2)n1. The van der Waals surface area contributed by atoms with Crippen LogP contribution < -0.4 is 0 Å². The minimum absolute atomic E-state index is 0.114. The van der Waals surface area contributed by atoms with Crippen LogP contribution in [0.4, 0.5) is 13.2 Å². The first-order valence-electron chi connectivity index (χ1n) is 5.55. The quantitative estimate of drug-likeness (QED) is 0.789. The third-order valence-corrected chi connectivity index (χ3v) is 3.37. The molecular weight excluding hydrogens is 321 g/mol. The molecule has 0 aliphatic heterocycles. The summed E-state index contributed by atoms with van der Waals surface area (Å²) in [5.74, 6) is 0.167. The molecule has 2 rings (SSSR count). The van der Waals surface area contributed by atoms with E-state index in [1.54, 1.807) is 0 Å². The van der Waals surface area contributed by atoms with E-state index in [1.165, 1.54) is 0 Å². The summed E-state index contributed by atoms with van der Waals surface area (Å²) in [5.41, 5.74) is 0.0637. The predicted octanol–water partition coefficient (Wildman–Crippen LogP) is 4.17. The highest BCUT2D eigenvalue weighted by molar-refractivity contribution is 9.09. The van der Waals surface area contributed by atoms with Crippen molar-refractivity contribution in [1.29, 1.82) is 0 Å². The first-order chi connectivity index (χ1) is 8.97. The molecule has 0 aliphatic rings. The van der Waals surface area contributed by atoms with Gasteiger partial charge in [0.1, 0.15) is 11.5 Å². The predicted molar refractivity (Wildman–Crippen MR) is 68.8 cm³/mol. The molecule has 6 heteroatoms. The second-order valence-electron chi connectivity index (χ2n) is 3.94. The number of benzene rings is 1. The lowest BCUT2D eigenvalue weighted by molar-refractivity contribution is -0.141. The van der Waals surface area contributed by atoms with Crippen molar-refractivity contribution in [3.63, 3.8) is 0 Å². The Hall–Kier alpha value is -1.43. The molecule has 1 unspecified atom stereocenters. The Labute approximate surface area is 116 Å². The van der Waals surface area contributed by atoms with E-state index in [1.807, 2.05) is 30.3 Å². The van der Waals surface area contributed by atoms with Gasteiger partial charge in [-0.25, -0.2) is 9.97 Å². The van der Waals surface area contributed by atoms with Crippen molar-refractivity contribution in [2.75, 3.05) is 0 Å². The number of aromatic nitrogens is 2. The molecule has 1 heterocycles. The Bertz CT molecular complexity index is 543. The fraction of sp³-hybridized carbons (Fsp3) is 0.231. The normalized spacial score (nSPS) is 13.3. The summed E-state index contributed by atoms with van der Waals surface area (Å²) in [5, 5.41) is 0. The van der Waals surface area contributed by atoms with Crippen molar-refractivity contribution in [3.8, 4) is 0 Å². The molecule has 2 aromatic rings. The van der Waals surface area contributed by atoms with Crippen molar-refractivity contribution in [2.24, 2.45) is 0 Å². The lowest BCUT2D eigenvalue weighted by Gasteiger charge is -2.10. The zero-order chi connectivity index (χ0) is 13.9. The van der Waals surface area contributed by atoms with Gasteiger partial charge in [-0.05, 0) is 11.6 Å². The van der Waals surface area contributed by atoms with Crippen LogP contribution in [0, 0.1) is 0 Å². The molecule has 0 amide bonds. The number of hydrogen-bond acceptors (Lipinski definition) is 2. The van der Waals surface area contributed by atoms with Gasteiger partial charge in [-0.1, -0.05) is 46.3 Å². The monoisotopic (exact) mass is 330 g/mol. The van der Waals surface area contributed by atoms with Crippen LogP contribution >= 0.6 is 15.9 Å². The van der Waals surface area contributed by atoms with E-state index in [0.717, 1.165) is 17.8 Å². The van der Waals surface area contributed by atoms with Gasteiger partial charge in [-0.2, -0.15) is 13.2 Å². The second kappa shape index (κ2) is 5.69. The van der Waals surface area contributed by atoms with Crippen LogP contribution in [0.1, 0.15) is 21.9 Å². The summed E-state index contributed by atoms with van der Waals surface area (Å²) in [6.45, 7) is 0. The maximum atomic E-state index is 12.5. The summed E-state index contributed by atoms with van der Waals surface area (Å²) in [6.07, 6.45) is -3.00. The van der Waals surface area contributed by atoms with Crippen molar-refractivity contribution in [1.82, 2.24) is 9.97 Å². The average Bonchev–Trinajstić information content (AvgIpc) is 2.39. The van der Waals surface area contributed by atoms with Gasteiger partial charge in [0, 0.05) is 17.4 Å². The van der Waals surface area contributed by atoms with Crippen LogP contribution in [-0.4, -0.2) is 9.97 Å². The summed E-state index contributed by atoms with van der Waals surface area (Å²) < 4.78 is 37.6. The Balaban J connectivity index is 2.16. The molecule has 2 nitrogen and oxygen atoms in total. The maximum absolute atomic E-state index is 12.5. The van der Waals surface area contributed by atoms with Crippen molar-refractivity contribution in [3.05, 3.63) is 59.7 Å². The molecule has 1 aromatic heterocycles. The van der Waals surface area contributed by atoms with Gasteiger partial charge in [0.05, 0.1) is 0 Å². The average molecular weight is 331 g/mol. The fourth-order valence-electron chi connectivity index (χ4n) is 1.60. The molecule has 0 spiro atoms. The highest BCUT2D eigenvalue weighted by Crippen LogP contribution is 2.29. The Morgan fingerprint density at radius 2 is 1.79 bits per heavy atom. The van der Waals surface area contributed by atoms with E-state index in [4.69, 9.17) is 0 Å². The van der Waals surface area contributed by atoms with E-state index in [0.29, 0.717) is 6.42 Å². The molecule has 0 fully saturated rings. The molecule has 0 saturated heterocycles. The molecule has 1 atom stereocenters. The molecule has 1 aromatic carbocycles. The molecular formula is C13H10BrF3N2. The van der Waals surface area contributed by atoms with Gasteiger partial charge in [-0.15, -0.1) is 0 Å². The van der Waals surface area contributed by atoms with E-state index < -0.39 is 11.9 Å². The maximum Gasteiger partial charge on any atom is 0.433 e. The van der Waals surface area contributed by atoms with Crippen molar-refractivity contribution < 1.29 is 13.2 Å². The van der Waals surface area contributed by atoms with E-state index in [2.05, 4.69) is 25.9 Å². The summed E-state index contributed by atoms with van der Waals surface area (Å²) in [4.78, 5) is 7.31. The van der Waals surface area contributed by atoms with Crippen LogP contribution in [0.3, 0.4) is 0 Å². The number of hydrogen-bond donors (Lipinski definition) is 0. The van der Waals surface area contributed by atoms with Crippen molar-refractivity contribution in [2.45, 2.75) is 17.4 Å². The van der Waals surface area contributed by atoms with Crippen LogP contribution in [0.2, 0.25) is 0 Å². The zero-order valence-corrected chi connectivity index (χ0v) is 11.3. The number of nitrogens with zero attached hydrogens (tertiary/aromatic N) is 2. The summed E-state index contributed by atoms with van der Waals surface area (Å²) in [7, 11) is 0. The molecule has 100 valence electrons. The molecule has 0 saturated carbocycles. The van der Waals surface area contributed by atoms with Crippen LogP contribution in [0.15, 0.2) is 42.6 Å². The standard InChI is InChI=1S/C13H10BrF3N2/c14-10(9-4-2-1-3-5-9)8-12-18-7-6-11(19-12)13(15,16)17/h1-7,10H,8H2. The first kappa shape index (κ1) is 14.0. The summed E-state index contributed by atoms with van der Waals surface area (Å²) >= 11 is 3.44. The molecule has 0 bridgehead atoms. The van der Waals surface area contributed by atoms with Crippen LogP contribution in [-0.2, 0) is 12.6 Å². The van der Waals surface area contributed by atoms with Crippen LogP contribution in [0.5, 0.6) is 0 Å². The first-order valence-corrected chi connectivity index (χ1v) is 6.46. The highest BCUT2D eigenvalue weighted by Gasteiger charge is 2.32. The topological polar surface area (TPSA) is 25.8 Å². The van der Waals surface area contributed by atoms with Gasteiger partial charge < -0.3 is 0 Å². The van der Waals surface area contributed by atoms with Gasteiger partial charge in [-0.3, -0.25) is 0 Å². The van der Waals surface area contributed by atoms with Gasteiger partial charge in [0.2, 0.25) is 0 Å². The second-order valence-corrected chi connectivity index (χ2v) is 5.04. The van der Waals surface area contributed by atoms with E-state index in [9.17, 15) is 13.2 Å². The number of halogens is 4. The van der Waals surface area contributed by atoms with Gasteiger partial charge in [0.15, 0.2) is 0 Å². The Morgan fingerprint density at radius 1 is 1.11 bits per heavy atom. The molecule has 0 radical (unpaired) electrons. The highest BCUT2D eigenvalue weighted by atomic mass is 79.9. The van der Waals surface area contributed by atoms with Crippen molar-refractivity contribution >= 4 is 15.9 Å². The minimum atomic E-state index is -4.44. The lowest BCUT2D eigenvalue weighted by Crippen LogP contribution is -2.11. The molecule has 19 heavy (non-hydrogen) atoms. The Kier molecular flexibility index (Phi) is 4.19. The zero-order valence-electron chi connectivity index (χ0n) is 9.73. The van der Waals surface area contributed by atoms with Gasteiger partial charge >= 0.3 is 6.18 Å². The molecule has 0 N–H and O–H groups in total. The number of alkyl halides is 4. The molecule has 0 aliphatic carbocycles. The largest absolute Gasteiger partial charge is 0.433 e. The summed E-state index contributed by atoms with van der Waals surface area (Å²) in [6, 6.07) is 10.3. The third-order valence-electron chi connectivity index (χ3n) is 2.52. The number of rotatable bonds is 3. The van der Waals surface area contributed by atoms with E-state index >= 15 is 0 Å². The third kappa shape index (κ3) is 3.76. The lowest BCUT2D eigenvalue weighted by atomic mass is 10.1.